The van der Waals surface area contributed by atoms with Crippen molar-refractivity contribution in [1.29, 1.82) is 0 Å². The van der Waals surface area contributed by atoms with E-state index < -0.39 is 0 Å². The maximum absolute atomic E-state index is 5.96. The van der Waals surface area contributed by atoms with Crippen LogP contribution in [0.2, 0.25) is 0 Å². The molecule has 0 saturated carbocycles. The molecule has 0 amide bonds. The molecule has 1 rings (SSSR count). The van der Waals surface area contributed by atoms with Gasteiger partial charge in [0.15, 0.2) is 0 Å². The predicted octanol–water partition coefficient (Wildman–Crippen LogP) is 4.00. The van der Waals surface area contributed by atoms with Gasteiger partial charge in [-0.25, -0.2) is 0 Å². The highest BCUT2D eigenvalue weighted by molar-refractivity contribution is 5.32. The molecule has 0 aliphatic heterocycles. The number of benzene rings is 1. The molecule has 0 saturated heterocycles. The molecule has 0 radical (unpaired) electrons. The zero-order valence-electron chi connectivity index (χ0n) is 13.3. The highest BCUT2D eigenvalue weighted by atomic mass is 16.5. The summed E-state index contributed by atoms with van der Waals surface area (Å²) in [6.07, 6.45) is 0. The molecular formula is C17H29NO. The lowest BCUT2D eigenvalue weighted by molar-refractivity contribution is 0.232. The minimum atomic E-state index is 0.165. The van der Waals surface area contributed by atoms with Crippen LogP contribution in [0.15, 0.2) is 24.3 Å². The molecule has 0 spiro atoms. The maximum atomic E-state index is 5.96. The molecule has 0 bridgehead atoms. The van der Waals surface area contributed by atoms with Crippen molar-refractivity contribution in [3.05, 3.63) is 29.8 Å². The molecule has 0 aliphatic rings. The average molecular weight is 263 g/mol. The number of ether oxygens (including phenoxy) is 1. The molecule has 1 atom stereocenters. The molecule has 2 heteroatoms. The zero-order chi connectivity index (χ0) is 14.5. The van der Waals surface area contributed by atoms with Crippen molar-refractivity contribution in [1.82, 2.24) is 5.32 Å². The van der Waals surface area contributed by atoms with Crippen molar-refractivity contribution in [2.75, 3.05) is 13.2 Å². The maximum Gasteiger partial charge on any atom is 0.119 e. The Hall–Kier alpha value is -1.02. The molecule has 1 unspecified atom stereocenters. The van der Waals surface area contributed by atoms with Crippen molar-refractivity contribution < 1.29 is 4.74 Å². The Kier molecular flexibility index (Phi) is 5.86. The van der Waals surface area contributed by atoms with Crippen LogP contribution in [0.4, 0.5) is 0 Å². The van der Waals surface area contributed by atoms with Gasteiger partial charge in [-0.05, 0) is 35.6 Å². The smallest absolute Gasteiger partial charge is 0.119 e. The van der Waals surface area contributed by atoms with Crippen LogP contribution in [-0.2, 0) is 5.41 Å². The van der Waals surface area contributed by atoms with Gasteiger partial charge in [-0.15, -0.1) is 0 Å². The molecule has 108 valence electrons. The summed E-state index contributed by atoms with van der Waals surface area (Å²) >= 11 is 0. The molecular weight excluding hydrogens is 234 g/mol. The third-order valence-corrected chi connectivity index (χ3v) is 3.40. The van der Waals surface area contributed by atoms with Gasteiger partial charge in [-0.2, -0.15) is 0 Å². The standard InChI is InChI=1S/C17H29NO/c1-7-18-16(13(2)3)12-19-15-10-8-9-14(11-15)17(4,5)6/h8-11,13,16,18H,7,12H2,1-6H3. The SMILES string of the molecule is CCNC(COc1cccc(C(C)(C)C)c1)C(C)C. The van der Waals surface area contributed by atoms with E-state index in [4.69, 9.17) is 4.74 Å². The summed E-state index contributed by atoms with van der Waals surface area (Å²) in [5.41, 5.74) is 1.48. The van der Waals surface area contributed by atoms with E-state index in [1.807, 2.05) is 6.07 Å². The molecule has 0 aromatic heterocycles. The Morgan fingerprint density at radius 2 is 1.89 bits per heavy atom. The zero-order valence-corrected chi connectivity index (χ0v) is 13.3. The van der Waals surface area contributed by atoms with Gasteiger partial charge in [-0.3, -0.25) is 0 Å². The van der Waals surface area contributed by atoms with Crippen LogP contribution in [0, 0.1) is 5.92 Å². The molecule has 2 nitrogen and oxygen atoms in total. The number of hydrogen-bond donors (Lipinski definition) is 1. The highest BCUT2D eigenvalue weighted by Crippen LogP contribution is 2.25. The van der Waals surface area contributed by atoms with Crippen LogP contribution in [0.1, 0.15) is 47.1 Å². The lowest BCUT2D eigenvalue weighted by atomic mass is 9.87. The first-order valence-corrected chi connectivity index (χ1v) is 7.31. The van der Waals surface area contributed by atoms with Crippen LogP contribution in [0.3, 0.4) is 0 Å². The molecule has 0 heterocycles. The average Bonchev–Trinajstić information content (AvgIpc) is 2.33. The fourth-order valence-electron chi connectivity index (χ4n) is 1.99. The van der Waals surface area contributed by atoms with Gasteiger partial charge in [0.2, 0.25) is 0 Å². The summed E-state index contributed by atoms with van der Waals surface area (Å²) < 4.78 is 5.96. The van der Waals surface area contributed by atoms with E-state index in [-0.39, 0.29) is 5.41 Å². The van der Waals surface area contributed by atoms with Gasteiger partial charge in [0.05, 0.1) is 0 Å². The van der Waals surface area contributed by atoms with E-state index in [0.29, 0.717) is 12.0 Å². The number of rotatable bonds is 6. The predicted molar refractivity (Wildman–Crippen MR) is 82.9 cm³/mol. The third kappa shape index (κ3) is 5.23. The van der Waals surface area contributed by atoms with Crippen LogP contribution in [-0.4, -0.2) is 19.2 Å². The molecule has 1 aromatic rings. The fourth-order valence-corrected chi connectivity index (χ4v) is 1.99. The van der Waals surface area contributed by atoms with Crippen LogP contribution in [0.5, 0.6) is 5.75 Å². The fraction of sp³-hybridized carbons (Fsp3) is 0.647. The Bertz CT molecular complexity index is 379. The van der Waals surface area contributed by atoms with Crippen molar-refractivity contribution in [2.24, 2.45) is 5.92 Å². The van der Waals surface area contributed by atoms with Gasteiger partial charge >= 0.3 is 0 Å². The molecule has 0 aliphatic carbocycles. The van der Waals surface area contributed by atoms with Crippen molar-refractivity contribution in [3.8, 4) is 5.75 Å². The van der Waals surface area contributed by atoms with E-state index in [2.05, 4.69) is 65.1 Å². The normalized spacial score (nSPS) is 13.6. The van der Waals surface area contributed by atoms with Crippen molar-refractivity contribution >= 4 is 0 Å². The Morgan fingerprint density at radius 1 is 1.21 bits per heavy atom. The first kappa shape index (κ1) is 16.0. The topological polar surface area (TPSA) is 21.3 Å². The first-order chi connectivity index (χ1) is 8.84. The van der Waals surface area contributed by atoms with Crippen molar-refractivity contribution in [2.45, 2.75) is 53.0 Å². The summed E-state index contributed by atoms with van der Waals surface area (Å²) in [7, 11) is 0. The lowest BCUT2D eigenvalue weighted by Crippen LogP contribution is -2.38. The van der Waals surface area contributed by atoms with Gasteiger partial charge < -0.3 is 10.1 Å². The largest absolute Gasteiger partial charge is 0.492 e. The summed E-state index contributed by atoms with van der Waals surface area (Å²) in [5, 5.41) is 3.47. The lowest BCUT2D eigenvalue weighted by Gasteiger charge is -2.23. The summed E-state index contributed by atoms with van der Waals surface area (Å²) in [4.78, 5) is 0. The number of hydrogen-bond acceptors (Lipinski definition) is 2. The number of nitrogens with one attached hydrogen (secondary N) is 1. The molecule has 1 N–H and O–H groups in total. The van der Waals surface area contributed by atoms with E-state index in [1.54, 1.807) is 0 Å². The minimum Gasteiger partial charge on any atom is -0.492 e. The van der Waals surface area contributed by atoms with Crippen LogP contribution < -0.4 is 10.1 Å². The quantitative estimate of drug-likeness (QED) is 0.837. The van der Waals surface area contributed by atoms with Crippen LogP contribution in [0.25, 0.3) is 0 Å². The molecule has 19 heavy (non-hydrogen) atoms. The molecule has 1 aromatic carbocycles. The Labute approximate surface area is 118 Å². The third-order valence-electron chi connectivity index (χ3n) is 3.40. The molecule has 0 fully saturated rings. The monoisotopic (exact) mass is 263 g/mol. The second-order valence-electron chi connectivity index (χ2n) is 6.50. The summed E-state index contributed by atoms with van der Waals surface area (Å²) in [6.45, 7) is 15.0. The van der Waals surface area contributed by atoms with E-state index >= 15 is 0 Å². The number of likely N-dealkylation sites (N-methyl/N-ethyl adjacent to an activating group) is 1. The van der Waals surface area contributed by atoms with E-state index in [9.17, 15) is 0 Å². The van der Waals surface area contributed by atoms with E-state index in [1.165, 1.54) is 5.56 Å². The summed E-state index contributed by atoms with van der Waals surface area (Å²) in [6, 6.07) is 8.84. The van der Waals surface area contributed by atoms with Crippen molar-refractivity contribution in [3.63, 3.8) is 0 Å². The minimum absolute atomic E-state index is 0.165. The van der Waals surface area contributed by atoms with Gasteiger partial charge in [0.1, 0.15) is 12.4 Å². The Morgan fingerprint density at radius 3 is 2.42 bits per heavy atom. The van der Waals surface area contributed by atoms with Crippen LogP contribution >= 0.6 is 0 Å². The second-order valence-corrected chi connectivity index (χ2v) is 6.50. The van der Waals surface area contributed by atoms with Gasteiger partial charge in [0, 0.05) is 6.04 Å². The van der Waals surface area contributed by atoms with Gasteiger partial charge in [0.25, 0.3) is 0 Å². The summed E-state index contributed by atoms with van der Waals surface area (Å²) in [5.74, 6) is 1.54. The second kappa shape index (κ2) is 6.95. The highest BCUT2D eigenvalue weighted by Gasteiger charge is 2.15. The van der Waals surface area contributed by atoms with E-state index in [0.717, 1.165) is 18.9 Å². The van der Waals surface area contributed by atoms with Gasteiger partial charge in [-0.1, -0.05) is 53.7 Å². The Balaban J connectivity index is 2.67. The first-order valence-electron chi connectivity index (χ1n) is 7.31.